The van der Waals surface area contributed by atoms with Gasteiger partial charge in [-0.1, -0.05) is 0 Å². The van der Waals surface area contributed by atoms with E-state index in [0.29, 0.717) is 11.3 Å². The van der Waals surface area contributed by atoms with Gasteiger partial charge in [0.2, 0.25) is 12.8 Å². The van der Waals surface area contributed by atoms with Crippen molar-refractivity contribution in [1.29, 1.82) is 0 Å². The Kier molecular flexibility index (Phi) is 8.91. The molecule has 0 aliphatic carbocycles. The van der Waals surface area contributed by atoms with Crippen LogP contribution in [-0.2, 0) is 23.9 Å². The smallest absolute Gasteiger partial charge is 0.416 e. The molecule has 0 saturated carbocycles. The molecule has 1 unspecified atom stereocenters. The van der Waals surface area contributed by atoms with E-state index in [-0.39, 0.29) is 32.2 Å². The summed E-state index contributed by atoms with van der Waals surface area (Å²) in [6.45, 7) is 0.0296. The number of imide groups is 2. The Morgan fingerprint density at radius 1 is 1.05 bits per heavy atom. The molecule has 0 bridgehead atoms. The number of hydrogen-bond acceptors (Lipinski definition) is 7. The Balaban J connectivity index is 4.52. The molecule has 1 N–H and O–H groups in total. The van der Waals surface area contributed by atoms with Gasteiger partial charge in [0.25, 0.3) is 0 Å². The van der Waals surface area contributed by atoms with Crippen molar-refractivity contribution < 1.29 is 38.6 Å². The van der Waals surface area contributed by atoms with Gasteiger partial charge in [0.05, 0.1) is 14.2 Å². The second-order valence-electron chi connectivity index (χ2n) is 4.10. The number of hydrogen-bond donors (Lipinski definition) is 1. The van der Waals surface area contributed by atoms with Gasteiger partial charge < -0.3 is 14.6 Å². The van der Waals surface area contributed by atoms with E-state index in [2.05, 4.69) is 9.47 Å². The second kappa shape index (κ2) is 10.1. The zero-order valence-corrected chi connectivity index (χ0v) is 12.3. The molecule has 0 aliphatic heterocycles. The van der Waals surface area contributed by atoms with Crippen molar-refractivity contribution >= 4 is 31.0 Å². The van der Waals surface area contributed by atoms with Crippen molar-refractivity contribution in [2.45, 2.75) is 25.3 Å². The van der Waals surface area contributed by atoms with E-state index < -0.39 is 24.2 Å². The first-order valence-corrected chi connectivity index (χ1v) is 6.27. The Morgan fingerprint density at radius 3 is 2.05 bits per heavy atom. The van der Waals surface area contributed by atoms with Gasteiger partial charge in [-0.25, -0.2) is 19.3 Å². The summed E-state index contributed by atoms with van der Waals surface area (Å²) in [5.41, 5.74) is 0. The highest BCUT2D eigenvalue weighted by Gasteiger charge is 2.29. The summed E-state index contributed by atoms with van der Waals surface area (Å²) < 4.78 is 8.69. The maximum absolute atomic E-state index is 11.3. The number of rotatable bonds is 9. The number of unbranched alkanes of at least 4 members (excludes halogenated alkanes) is 1. The Morgan fingerprint density at radius 2 is 1.64 bits per heavy atom. The summed E-state index contributed by atoms with van der Waals surface area (Å²) >= 11 is 0. The van der Waals surface area contributed by atoms with Crippen LogP contribution in [-0.4, -0.2) is 72.7 Å². The highest BCUT2D eigenvalue weighted by Crippen LogP contribution is 2.10. The van der Waals surface area contributed by atoms with E-state index in [4.69, 9.17) is 5.11 Å². The molecule has 1 atom stereocenters. The number of carbonyl (C=O) groups excluding carboxylic acids is 4. The lowest BCUT2D eigenvalue weighted by molar-refractivity contribution is -0.145. The van der Waals surface area contributed by atoms with Crippen LogP contribution >= 0.6 is 0 Å². The lowest BCUT2D eigenvalue weighted by atomic mass is 10.1. The third-order valence-electron chi connectivity index (χ3n) is 2.78. The Hall–Kier alpha value is -2.65. The predicted molar refractivity (Wildman–Crippen MR) is 70.8 cm³/mol. The van der Waals surface area contributed by atoms with E-state index >= 15 is 0 Å². The molecule has 0 spiro atoms. The third-order valence-corrected chi connectivity index (χ3v) is 2.78. The average Bonchev–Trinajstić information content (AvgIpc) is 2.52. The largest absolute Gasteiger partial charge is 0.480 e. The van der Waals surface area contributed by atoms with Crippen molar-refractivity contribution in [2.24, 2.45) is 0 Å². The van der Waals surface area contributed by atoms with Crippen LogP contribution in [0.5, 0.6) is 0 Å². The zero-order valence-electron chi connectivity index (χ0n) is 12.3. The van der Waals surface area contributed by atoms with E-state index in [1.165, 1.54) is 0 Å². The number of carbonyl (C=O) groups is 5. The Labute approximate surface area is 126 Å². The third kappa shape index (κ3) is 5.77. The van der Waals surface area contributed by atoms with Crippen molar-refractivity contribution in [3.05, 3.63) is 0 Å². The topological polar surface area (TPSA) is 131 Å². The number of methoxy groups -OCH3 is 2. The first-order chi connectivity index (χ1) is 10.4. The van der Waals surface area contributed by atoms with Crippen LogP contribution in [0.1, 0.15) is 19.3 Å². The van der Waals surface area contributed by atoms with Gasteiger partial charge in [0, 0.05) is 6.54 Å². The number of amides is 4. The molecule has 10 nitrogen and oxygen atoms in total. The maximum Gasteiger partial charge on any atom is 0.416 e. The monoisotopic (exact) mass is 318 g/mol. The first kappa shape index (κ1) is 19.4. The summed E-state index contributed by atoms with van der Waals surface area (Å²) in [4.78, 5) is 56.2. The second-order valence-corrected chi connectivity index (χ2v) is 4.10. The minimum atomic E-state index is -1.38. The van der Waals surface area contributed by atoms with Gasteiger partial charge in [-0.15, -0.1) is 0 Å². The van der Waals surface area contributed by atoms with Gasteiger partial charge in [0.15, 0.2) is 0 Å². The van der Waals surface area contributed by atoms with E-state index in [9.17, 15) is 24.0 Å². The molecule has 0 saturated heterocycles. The molecule has 0 radical (unpaired) electrons. The van der Waals surface area contributed by atoms with E-state index in [0.717, 1.165) is 19.1 Å². The van der Waals surface area contributed by atoms with Gasteiger partial charge in [-0.3, -0.25) is 14.5 Å². The summed E-state index contributed by atoms with van der Waals surface area (Å²) in [6.07, 6.45) is -1.04. The molecule has 0 aromatic carbocycles. The molecule has 0 aromatic rings. The highest BCUT2D eigenvalue weighted by molar-refractivity contribution is 5.88. The maximum atomic E-state index is 11.3. The number of aliphatic carboxylic acids is 1. The van der Waals surface area contributed by atoms with Crippen LogP contribution in [0, 0.1) is 0 Å². The van der Waals surface area contributed by atoms with Crippen molar-refractivity contribution in [2.75, 3.05) is 20.8 Å². The molecule has 0 rings (SSSR count). The fourth-order valence-electron chi connectivity index (χ4n) is 1.65. The SMILES string of the molecule is COC(=O)N(C=O)CCCCC(C(=O)O)N(C=O)C(=O)OC. The standard InChI is InChI=1S/C12H18N2O8/c1-21-11(19)13(7-15)6-4-3-5-9(10(17)18)14(8-16)12(20)22-2/h7-9H,3-6H2,1-2H3,(H,17,18). The molecule has 4 amide bonds. The van der Waals surface area contributed by atoms with Gasteiger partial charge in [-0.2, -0.15) is 0 Å². The van der Waals surface area contributed by atoms with Gasteiger partial charge in [0.1, 0.15) is 6.04 Å². The Bertz CT molecular complexity index is 425. The van der Waals surface area contributed by atoms with Crippen LogP contribution in [0.25, 0.3) is 0 Å². The number of carboxylic acids is 1. The summed E-state index contributed by atoms with van der Waals surface area (Å²) in [5.74, 6) is -1.36. The number of ether oxygens (including phenoxy) is 2. The normalized spacial score (nSPS) is 11.0. The molecular formula is C12H18N2O8. The predicted octanol–water partition coefficient (Wildman–Crippen LogP) is 0.0595. The van der Waals surface area contributed by atoms with Crippen molar-refractivity contribution in [3.63, 3.8) is 0 Å². The first-order valence-electron chi connectivity index (χ1n) is 6.27. The summed E-state index contributed by atoms with van der Waals surface area (Å²) in [6, 6.07) is -1.38. The minimum absolute atomic E-state index is 0.0296. The molecule has 22 heavy (non-hydrogen) atoms. The molecule has 10 heteroatoms. The molecule has 0 fully saturated rings. The number of nitrogens with zero attached hydrogens (tertiary/aromatic N) is 2. The van der Waals surface area contributed by atoms with Crippen molar-refractivity contribution in [3.8, 4) is 0 Å². The average molecular weight is 318 g/mol. The fourth-order valence-corrected chi connectivity index (χ4v) is 1.65. The molecule has 0 aromatic heterocycles. The minimum Gasteiger partial charge on any atom is -0.480 e. The summed E-state index contributed by atoms with van der Waals surface area (Å²) in [5, 5.41) is 9.05. The van der Waals surface area contributed by atoms with Gasteiger partial charge in [-0.05, 0) is 19.3 Å². The molecular weight excluding hydrogens is 300 g/mol. The van der Waals surface area contributed by atoms with E-state index in [1.807, 2.05) is 0 Å². The lowest BCUT2D eigenvalue weighted by Crippen LogP contribution is -2.44. The quantitative estimate of drug-likeness (QED) is 0.466. The van der Waals surface area contributed by atoms with Crippen molar-refractivity contribution in [1.82, 2.24) is 9.80 Å². The summed E-state index contributed by atoms with van der Waals surface area (Å²) in [7, 11) is 2.15. The molecule has 124 valence electrons. The van der Waals surface area contributed by atoms with E-state index in [1.54, 1.807) is 0 Å². The van der Waals surface area contributed by atoms with Crippen LogP contribution in [0.2, 0.25) is 0 Å². The molecule has 0 heterocycles. The molecule has 0 aliphatic rings. The van der Waals surface area contributed by atoms with Crippen LogP contribution in [0.4, 0.5) is 9.59 Å². The lowest BCUT2D eigenvalue weighted by Gasteiger charge is -2.22. The highest BCUT2D eigenvalue weighted by atomic mass is 16.5. The van der Waals surface area contributed by atoms with Crippen LogP contribution < -0.4 is 0 Å². The van der Waals surface area contributed by atoms with Crippen LogP contribution in [0.15, 0.2) is 0 Å². The number of carboxylic acid groups (broad SMARTS) is 1. The van der Waals surface area contributed by atoms with Crippen LogP contribution in [0.3, 0.4) is 0 Å². The van der Waals surface area contributed by atoms with Gasteiger partial charge >= 0.3 is 18.2 Å². The zero-order chi connectivity index (χ0) is 17.1. The fraction of sp³-hybridized carbons (Fsp3) is 0.583.